The van der Waals surface area contributed by atoms with Crippen molar-refractivity contribution in [2.24, 2.45) is 5.10 Å². The van der Waals surface area contributed by atoms with Crippen LogP contribution in [0, 0.1) is 10.1 Å². The first-order valence-corrected chi connectivity index (χ1v) is 11.2. The number of non-ortho nitro benzene ring substituents is 1. The Morgan fingerprint density at radius 2 is 1.63 bits per heavy atom. The van der Waals surface area contributed by atoms with E-state index in [1.807, 2.05) is 30.5 Å². The molecular weight excluding hydrogens is 440 g/mol. The van der Waals surface area contributed by atoms with Gasteiger partial charge < -0.3 is 4.57 Å². The number of carbonyl (C=O) groups is 1. The van der Waals surface area contributed by atoms with E-state index in [0.717, 1.165) is 16.5 Å². The summed E-state index contributed by atoms with van der Waals surface area (Å²) in [6.07, 6.45) is 3.77. The van der Waals surface area contributed by atoms with Crippen LogP contribution >= 0.6 is 0 Å². The van der Waals surface area contributed by atoms with Crippen LogP contribution in [0.25, 0.3) is 21.7 Å². The number of hydrogen-bond donors (Lipinski definition) is 1. The van der Waals surface area contributed by atoms with Crippen molar-refractivity contribution >= 4 is 39.5 Å². The fourth-order valence-electron chi connectivity index (χ4n) is 4.26. The predicted octanol–water partition coefficient (Wildman–Crippen LogP) is 5.44. The van der Waals surface area contributed by atoms with Crippen LogP contribution in [-0.2, 0) is 17.8 Å². The highest BCUT2D eigenvalue weighted by Crippen LogP contribution is 2.24. The molecule has 0 aliphatic rings. The van der Waals surface area contributed by atoms with Gasteiger partial charge in [0.1, 0.15) is 0 Å². The second-order valence-electron chi connectivity index (χ2n) is 8.26. The Balaban J connectivity index is 1.33. The third-order valence-electron chi connectivity index (χ3n) is 5.94. The first-order chi connectivity index (χ1) is 17.1. The highest BCUT2D eigenvalue weighted by molar-refractivity contribution is 6.00. The monoisotopic (exact) mass is 462 g/mol. The molecular formula is C28H22N4O3. The van der Waals surface area contributed by atoms with Crippen molar-refractivity contribution in [3.05, 3.63) is 124 Å². The Kier molecular flexibility index (Phi) is 6.05. The van der Waals surface area contributed by atoms with Gasteiger partial charge in [-0.05, 0) is 28.0 Å². The van der Waals surface area contributed by atoms with E-state index in [1.54, 1.807) is 18.3 Å². The fourth-order valence-corrected chi connectivity index (χ4v) is 4.26. The lowest BCUT2D eigenvalue weighted by atomic mass is 10.0. The van der Waals surface area contributed by atoms with Gasteiger partial charge in [0.15, 0.2) is 0 Å². The molecule has 1 aromatic heterocycles. The number of hydrazone groups is 1. The lowest BCUT2D eigenvalue weighted by molar-refractivity contribution is -0.384. The van der Waals surface area contributed by atoms with E-state index in [2.05, 4.69) is 57.6 Å². The number of amides is 1. The summed E-state index contributed by atoms with van der Waals surface area (Å²) >= 11 is 0. The van der Waals surface area contributed by atoms with Crippen molar-refractivity contribution in [1.29, 1.82) is 0 Å². The molecule has 0 aliphatic carbocycles. The van der Waals surface area contributed by atoms with Gasteiger partial charge in [0, 0.05) is 41.3 Å². The molecule has 0 fully saturated rings. The van der Waals surface area contributed by atoms with Crippen molar-refractivity contribution in [3.63, 3.8) is 0 Å². The Morgan fingerprint density at radius 1 is 0.914 bits per heavy atom. The average Bonchev–Trinajstić information content (AvgIpc) is 3.22. The first-order valence-electron chi connectivity index (χ1n) is 11.2. The van der Waals surface area contributed by atoms with Crippen molar-refractivity contribution < 1.29 is 9.72 Å². The topological polar surface area (TPSA) is 89.5 Å². The number of fused-ring (bicyclic) bond motifs is 2. The summed E-state index contributed by atoms with van der Waals surface area (Å²) in [5.41, 5.74) is 6.43. The quantitative estimate of drug-likeness (QED) is 0.198. The number of nitro groups is 1. The maximum atomic E-state index is 12.3. The number of nitrogens with zero attached hydrogens (tertiary/aromatic N) is 3. The molecule has 1 amide bonds. The smallest absolute Gasteiger partial charge is 0.269 e. The highest BCUT2D eigenvalue weighted by Gasteiger charge is 2.10. The molecule has 0 spiro atoms. The van der Waals surface area contributed by atoms with Gasteiger partial charge in [0.05, 0.1) is 17.6 Å². The molecule has 1 heterocycles. The van der Waals surface area contributed by atoms with Crippen LogP contribution in [-0.4, -0.2) is 21.6 Å². The maximum absolute atomic E-state index is 12.3. The second kappa shape index (κ2) is 9.61. The molecule has 1 N–H and O–H groups in total. The van der Waals surface area contributed by atoms with Crippen LogP contribution in [0.1, 0.15) is 16.7 Å². The molecule has 0 radical (unpaired) electrons. The van der Waals surface area contributed by atoms with Crippen LogP contribution in [0.5, 0.6) is 0 Å². The molecule has 0 saturated carbocycles. The molecule has 4 aromatic carbocycles. The molecule has 5 rings (SSSR count). The van der Waals surface area contributed by atoms with E-state index in [9.17, 15) is 14.9 Å². The molecule has 0 saturated heterocycles. The van der Waals surface area contributed by atoms with E-state index in [0.29, 0.717) is 12.1 Å². The Bertz CT molecular complexity index is 1560. The molecule has 7 heteroatoms. The van der Waals surface area contributed by atoms with Crippen LogP contribution < -0.4 is 5.43 Å². The number of benzene rings is 4. The zero-order valence-corrected chi connectivity index (χ0v) is 18.8. The molecule has 35 heavy (non-hydrogen) atoms. The lowest BCUT2D eigenvalue weighted by Crippen LogP contribution is -2.19. The van der Waals surface area contributed by atoms with Gasteiger partial charge in [-0.1, -0.05) is 72.8 Å². The van der Waals surface area contributed by atoms with Gasteiger partial charge in [-0.3, -0.25) is 14.9 Å². The van der Waals surface area contributed by atoms with Crippen LogP contribution in [0.2, 0.25) is 0 Å². The minimum absolute atomic E-state index is 0.00734. The van der Waals surface area contributed by atoms with Crippen molar-refractivity contribution in [3.8, 4) is 0 Å². The van der Waals surface area contributed by atoms with Gasteiger partial charge >= 0.3 is 0 Å². The summed E-state index contributed by atoms with van der Waals surface area (Å²) in [7, 11) is 0. The molecule has 172 valence electrons. The van der Waals surface area contributed by atoms with Crippen molar-refractivity contribution in [1.82, 2.24) is 9.99 Å². The maximum Gasteiger partial charge on any atom is 0.269 e. The standard InChI is InChI=1S/C28H22N4O3/c33-28(16-20-12-14-24(15-13-20)32(34)35)30-29-17-23-19-31(27-11-4-3-10-26(23)27)18-22-8-5-7-21-6-1-2-9-25(21)22/h1-15,17,19H,16,18H2,(H,30,33)/b29-17+. The van der Waals surface area contributed by atoms with Gasteiger partial charge in [0.2, 0.25) is 5.91 Å². The largest absolute Gasteiger partial charge is 0.342 e. The SMILES string of the molecule is O=C(Cc1ccc([N+](=O)[O-])cc1)N/N=C/c1cn(Cc2cccc3ccccc23)c2ccccc12. The number of para-hydroxylation sites is 1. The van der Waals surface area contributed by atoms with Crippen molar-refractivity contribution in [2.75, 3.05) is 0 Å². The Hall–Kier alpha value is -4.78. The van der Waals surface area contributed by atoms with Crippen LogP contribution in [0.3, 0.4) is 0 Å². The zero-order valence-electron chi connectivity index (χ0n) is 18.8. The summed E-state index contributed by atoms with van der Waals surface area (Å²) in [5, 5.41) is 18.4. The van der Waals surface area contributed by atoms with E-state index in [-0.39, 0.29) is 18.0 Å². The highest BCUT2D eigenvalue weighted by atomic mass is 16.6. The number of aromatic nitrogens is 1. The number of rotatable bonds is 7. The number of nitro benzene ring substituents is 1. The first kappa shape index (κ1) is 22.0. The van der Waals surface area contributed by atoms with E-state index >= 15 is 0 Å². The fraction of sp³-hybridized carbons (Fsp3) is 0.0714. The van der Waals surface area contributed by atoms with Crippen molar-refractivity contribution in [2.45, 2.75) is 13.0 Å². The van der Waals surface area contributed by atoms with Crippen LogP contribution in [0.4, 0.5) is 5.69 Å². The minimum atomic E-state index is -0.467. The molecule has 7 nitrogen and oxygen atoms in total. The van der Waals surface area contributed by atoms with Gasteiger partial charge in [-0.15, -0.1) is 0 Å². The molecule has 0 bridgehead atoms. The summed E-state index contributed by atoms with van der Waals surface area (Å²) < 4.78 is 2.19. The van der Waals surface area contributed by atoms with E-state index in [4.69, 9.17) is 0 Å². The number of hydrogen-bond acceptors (Lipinski definition) is 4. The predicted molar refractivity (Wildman–Crippen MR) is 138 cm³/mol. The van der Waals surface area contributed by atoms with E-state index < -0.39 is 4.92 Å². The molecule has 0 unspecified atom stereocenters. The van der Waals surface area contributed by atoms with Crippen LogP contribution in [0.15, 0.2) is 102 Å². The lowest BCUT2D eigenvalue weighted by Gasteiger charge is -2.09. The number of carbonyl (C=O) groups excluding carboxylic acids is 1. The Labute approximate surface area is 201 Å². The van der Waals surface area contributed by atoms with Gasteiger partial charge in [-0.2, -0.15) is 5.10 Å². The molecule has 0 aliphatic heterocycles. The normalized spacial score (nSPS) is 11.3. The zero-order chi connectivity index (χ0) is 24.2. The Morgan fingerprint density at radius 3 is 2.43 bits per heavy atom. The second-order valence-corrected chi connectivity index (χ2v) is 8.26. The third kappa shape index (κ3) is 4.79. The molecule has 5 aromatic rings. The average molecular weight is 463 g/mol. The van der Waals surface area contributed by atoms with Gasteiger partial charge in [-0.25, -0.2) is 5.43 Å². The summed E-state index contributed by atoms with van der Waals surface area (Å²) in [4.78, 5) is 22.6. The number of nitrogens with one attached hydrogen (secondary N) is 1. The summed E-state index contributed by atoms with van der Waals surface area (Å²) in [6, 6.07) is 28.7. The summed E-state index contributed by atoms with van der Waals surface area (Å²) in [5.74, 6) is -0.297. The third-order valence-corrected chi connectivity index (χ3v) is 5.94. The minimum Gasteiger partial charge on any atom is -0.342 e. The molecule has 0 atom stereocenters. The van der Waals surface area contributed by atoms with E-state index in [1.165, 1.54) is 28.5 Å². The van der Waals surface area contributed by atoms with Gasteiger partial charge in [0.25, 0.3) is 5.69 Å². The summed E-state index contributed by atoms with van der Waals surface area (Å²) in [6.45, 7) is 0.711.